The Hall–Kier alpha value is -3.83. The van der Waals surface area contributed by atoms with Crippen LogP contribution in [-0.4, -0.2) is 60.1 Å². The Bertz CT molecular complexity index is 1540. The number of alkyl halides is 3. The summed E-state index contributed by atoms with van der Waals surface area (Å²) in [6.07, 6.45) is 1.69. The Balaban J connectivity index is 1.51. The summed E-state index contributed by atoms with van der Waals surface area (Å²) in [5.41, 5.74) is 1.95. The van der Waals surface area contributed by atoms with Gasteiger partial charge in [-0.15, -0.1) is 0 Å². The third-order valence-corrected chi connectivity index (χ3v) is 7.67. The van der Waals surface area contributed by atoms with Crippen molar-refractivity contribution in [3.05, 3.63) is 66.8 Å². The van der Waals surface area contributed by atoms with Crippen molar-refractivity contribution in [2.75, 3.05) is 17.2 Å². The number of carbonyl (C=O) groups excluding carboxylic acids is 2. The molecule has 0 bridgehead atoms. The number of nitrogens with one attached hydrogen (secondary N) is 4. The summed E-state index contributed by atoms with van der Waals surface area (Å²) < 4.78 is 65.3. The molecule has 0 aliphatic rings. The Kier molecular flexibility index (Phi) is 8.85. The minimum absolute atomic E-state index is 0.121. The number of amides is 2. The van der Waals surface area contributed by atoms with E-state index in [-0.39, 0.29) is 11.4 Å². The molecule has 4 N–H and O–H groups in total. The molecule has 0 saturated carbocycles. The van der Waals surface area contributed by atoms with E-state index in [9.17, 15) is 31.5 Å². The van der Waals surface area contributed by atoms with Gasteiger partial charge in [-0.2, -0.15) is 13.2 Å². The Morgan fingerprint density at radius 3 is 2.52 bits per heavy atom. The molecular formula is C26H24AsF5N6O2. The number of rotatable bonds is 9. The van der Waals surface area contributed by atoms with Crippen molar-refractivity contribution in [3.8, 4) is 11.1 Å². The number of aromatic nitrogens is 3. The number of anilines is 2. The zero-order valence-corrected chi connectivity index (χ0v) is 23.3. The average molecular weight is 622 g/mol. The third-order valence-electron chi connectivity index (χ3n) is 5.76. The molecule has 210 valence electrons. The molecule has 3 aromatic heterocycles. The number of benzene rings is 1. The summed E-state index contributed by atoms with van der Waals surface area (Å²) in [5, 5.41) is 7.99. The maximum atomic E-state index is 13.9. The molecule has 0 aliphatic heterocycles. The quantitative estimate of drug-likeness (QED) is 0.164. The van der Waals surface area contributed by atoms with Gasteiger partial charge in [0, 0.05) is 0 Å². The molecule has 1 aromatic carbocycles. The molecule has 8 nitrogen and oxygen atoms in total. The Labute approximate surface area is 231 Å². The molecule has 40 heavy (non-hydrogen) atoms. The number of carbonyl (C=O) groups is 2. The van der Waals surface area contributed by atoms with Crippen LogP contribution in [0.2, 0.25) is 0 Å². The molecule has 0 aliphatic carbocycles. The molecule has 2 atom stereocenters. The van der Waals surface area contributed by atoms with E-state index in [4.69, 9.17) is 0 Å². The van der Waals surface area contributed by atoms with Gasteiger partial charge >= 0.3 is 219 Å². The molecule has 0 saturated heterocycles. The van der Waals surface area contributed by atoms with E-state index in [1.165, 1.54) is 12.4 Å². The van der Waals surface area contributed by atoms with E-state index in [2.05, 4.69) is 30.9 Å². The van der Waals surface area contributed by atoms with Crippen LogP contribution in [0.5, 0.6) is 0 Å². The van der Waals surface area contributed by atoms with Gasteiger partial charge in [0.1, 0.15) is 0 Å². The number of fused-ring (bicyclic) bond motifs is 1. The number of hydrogen-bond donors (Lipinski definition) is 4. The van der Waals surface area contributed by atoms with Gasteiger partial charge in [-0.25, -0.2) is 0 Å². The van der Waals surface area contributed by atoms with Crippen molar-refractivity contribution in [1.82, 2.24) is 20.3 Å². The predicted molar refractivity (Wildman–Crippen MR) is 143 cm³/mol. The van der Waals surface area contributed by atoms with Crippen molar-refractivity contribution >= 4 is 53.1 Å². The fourth-order valence-corrected chi connectivity index (χ4v) is 5.61. The van der Waals surface area contributed by atoms with Crippen LogP contribution in [0.4, 0.5) is 38.1 Å². The number of halogens is 5. The van der Waals surface area contributed by atoms with E-state index in [1.54, 1.807) is 38.4 Å². The first-order valence-electron chi connectivity index (χ1n) is 12.0. The van der Waals surface area contributed by atoms with Gasteiger partial charge in [0.05, 0.1) is 0 Å². The topological polar surface area (TPSA) is 112 Å². The number of nitrogens with zero attached hydrogens (tertiary/aromatic N) is 2. The van der Waals surface area contributed by atoms with Crippen molar-refractivity contribution < 1.29 is 31.5 Å². The SMILES string of the molecule is CC(C)[C@H](NCC(F)(F)F)C(=O)Nc1cncc(-c2c[nH]c3ncc([AsH]C(=O)Nc4ccc(F)cc4F)cc23)c1. The Morgan fingerprint density at radius 1 is 1.05 bits per heavy atom. The molecule has 2 amide bonds. The summed E-state index contributed by atoms with van der Waals surface area (Å²) in [7, 11) is 0. The molecule has 4 aromatic rings. The van der Waals surface area contributed by atoms with Gasteiger partial charge in [-0.1, -0.05) is 0 Å². The summed E-state index contributed by atoms with van der Waals surface area (Å²) in [5.74, 6) is -2.67. The second kappa shape index (κ2) is 12.1. The van der Waals surface area contributed by atoms with Gasteiger partial charge in [-0.05, 0) is 0 Å². The van der Waals surface area contributed by atoms with Crippen LogP contribution >= 0.6 is 0 Å². The summed E-state index contributed by atoms with van der Waals surface area (Å²) in [6.45, 7) is 1.97. The molecule has 3 heterocycles. The summed E-state index contributed by atoms with van der Waals surface area (Å²) in [4.78, 5) is 36.8. The Morgan fingerprint density at radius 2 is 1.82 bits per heavy atom. The first-order valence-corrected chi connectivity index (χ1v) is 14.1. The maximum absolute atomic E-state index is 13.9. The third kappa shape index (κ3) is 7.42. The normalized spacial score (nSPS) is 12.8. The van der Waals surface area contributed by atoms with Crippen LogP contribution in [0.15, 0.2) is 55.1 Å². The molecule has 4 rings (SSSR count). The number of aromatic amines is 1. The van der Waals surface area contributed by atoms with Crippen molar-refractivity contribution in [2.45, 2.75) is 26.1 Å². The second-order valence-corrected chi connectivity index (χ2v) is 11.9. The van der Waals surface area contributed by atoms with Crippen LogP contribution in [0.1, 0.15) is 13.8 Å². The summed E-state index contributed by atoms with van der Waals surface area (Å²) >= 11 is -1.47. The number of H-pyrrole nitrogens is 1. The number of pyridine rings is 2. The van der Waals surface area contributed by atoms with E-state index >= 15 is 0 Å². The molecule has 0 fully saturated rings. The van der Waals surface area contributed by atoms with Gasteiger partial charge in [0.25, 0.3) is 0 Å². The minimum atomic E-state index is -4.46. The van der Waals surface area contributed by atoms with Crippen molar-refractivity contribution in [3.63, 3.8) is 0 Å². The molecular weight excluding hydrogens is 598 g/mol. The van der Waals surface area contributed by atoms with Gasteiger partial charge in [-0.3, -0.25) is 0 Å². The van der Waals surface area contributed by atoms with Crippen LogP contribution in [0.3, 0.4) is 0 Å². The van der Waals surface area contributed by atoms with Crippen LogP contribution in [0, 0.1) is 17.6 Å². The van der Waals surface area contributed by atoms with E-state index in [1.807, 2.05) is 0 Å². The zero-order chi connectivity index (χ0) is 29.0. The van der Waals surface area contributed by atoms with Crippen molar-refractivity contribution in [2.24, 2.45) is 5.92 Å². The van der Waals surface area contributed by atoms with Gasteiger partial charge in [0.15, 0.2) is 0 Å². The first kappa shape index (κ1) is 29.2. The van der Waals surface area contributed by atoms with E-state index in [0.717, 1.165) is 12.1 Å². The first-order chi connectivity index (χ1) is 18.9. The predicted octanol–water partition coefficient (Wildman–Crippen LogP) is 4.31. The molecule has 0 radical (unpaired) electrons. The fraction of sp³-hybridized carbons (Fsp3) is 0.231. The van der Waals surface area contributed by atoms with Crippen molar-refractivity contribution in [1.29, 1.82) is 0 Å². The molecule has 1 unspecified atom stereocenters. The number of hydrogen-bond acceptors (Lipinski definition) is 5. The zero-order valence-electron chi connectivity index (χ0n) is 21.2. The average Bonchev–Trinajstić information content (AvgIpc) is 3.28. The molecule has 14 heteroatoms. The molecule has 0 spiro atoms. The van der Waals surface area contributed by atoms with Crippen LogP contribution in [-0.2, 0) is 4.79 Å². The second-order valence-electron chi connectivity index (χ2n) is 9.20. The standard InChI is InChI=1S/C26H24AsF5N6O2/c1-13(2)22(36-12-26(30,31)32)24(39)37-17-5-14(8-33-10-17)19-11-35-23-18(19)6-15(9-34-23)27-25(40)38-21-4-3-16(28)7-20(21)29/h3-11,13,22,27,36H,12H2,1-2H3,(H,34,35)(H,37,39)(H,38,40)/t22-/m0/s1. The van der Waals surface area contributed by atoms with Gasteiger partial charge in [0.2, 0.25) is 0 Å². The van der Waals surface area contributed by atoms with Crippen LogP contribution < -0.4 is 20.3 Å². The van der Waals surface area contributed by atoms with Crippen LogP contribution in [0.25, 0.3) is 22.2 Å². The van der Waals surface area contributed by atoms with E-state index in [0.29, 0.717) is 32.6 Å². The van der Waals surface area contributed by atoms with Gasteiger partial charge < -0.3 is 0 Å². The monoisotopic (exact) mass is 622 g/mol. The fourth-order valence-electron chi connectivity index (χ4n) is 3.92. The summed E-state index contributed by atoms with van der Waals surface area (Å²) in [6, 6.07) is 5.20. The van der Waals surface area contributed by atoms with E-state index < -0.39 is 62.7 Å².